The zero-order valence-corrected chi connectivity index (χ0v) is 10.9. The van der Waals surface area contributed by atoms with Gasteiger partial charge in [0.2, 0.25) is 0 Å². The average Bonchev–Trinajstić information content (AvgIpc) is 2.49. The molecule has 19 heavy (non-hydrogen) atoms. The van der Waals surface area contributed by atoms with Crippen LogP contribution in [0.1, 0.15) is 17.2 Å². The van der Waals surface area contributed by atoms with Gasteiger partial charge in [0.1, 0.15) is 5.75 Å². The van der Waals surface area contributed by atoms with E-state index in [1.54, 1.807) is 13.3 Å². The standard InChI is InChI=1S/C16H17NO2/c1-19-16-10-6-5-9-14(16)11-17-15(12-18)13-7-3-2-4-8-13/h2-11,15,18H,12H2,1H3/t15-/m1/s1. The van der Waals surface area contributed by atoms with Gasteiger partial charge in [-0.3, -0.25) is 4.99 Å². The number of aliphatic hydroxyl groups is 1. The van der Waals surface area contributed by atoms with Crippen molar-refractivity contribution in [3.63, 3.8) is 0 Å². The summed E-state index contributed by atoms with van der Waals surface area (Å²) in [6.45, 7) is -0.0182. The first-order chi connectivity index (χ1) is 9.35. The first-order valence-electron chi connectivity index (χ1n) is 6.17. The molecule has 0 spiro atoms. The van der Waals surface area contributed by atoms with Crippen LogP contribution in [0, 0.1) is 0 Å². The molecule has 0 aromatic heterocycles. The van der Waals surface area contributed by atoms with Gasteiger partial charge in [0.25, 0.3) is 0 Å². The molecule has 0 aliphatic rings. The van der Waals surface area contributed by atoms with E-state index >= 15 is 0 Å². The molecule has 0 aliphatic heterocycles. The number of hydrogen-bond donors (Lipinski definition) is 1. The number of aliphatic imine (C=N–C) groups is 1. The van der Waals surface area contributed by atoms with Crippen LogP contribution in [0.3, 0.4) is 0 Å². The van der Waals surface area contributed by atoms with E-state index in [0.717, 1.165) is 16.9 Å². The van der Waals surface area contributed by atoms with Crippen molar-refractivity contribution < 1.29 is 9.84 Å². The van der Waals surface area contributed by atoms with Crippen LogP contribution in [0.25, 0.3) is 0 Å². The lowest BCUT2D eigenvalue weighted by Gasteiger charge is -2.09. The molecule has 3 nitrogen and oxygen atoms in total. The van der Waals surface area contributed by atoms with E-state index in [4.69, 9.17) is 4.74 Å². The SMILES string of the molecule is COc1ccccc1C=N[C@H](CO)c1ccccc1. The number of para-hydroxylation sites is 1. The fourth-order valence-electron chi connectivity index (χ4n) is 1.86. The number of aliphatic hydroxyl groups excluding tert-OH is 1. The molecule has 0 heterocycles. The van der Waals surface area contributed by atoms with Crippen molar-refractivity contribution in [1.82, 2.24) is 0 Å². The molecular formula is C16H17NO2. The predicted octanol–water partition coefficient (Wildman–Crippen LogP) is 2.85. The Morgan fingerprint density at radius 2 is 1.79 bits per heavy atom. The molecule has 0 saturated heterocycles. The van der Waals surface area contributed by atoms with Gasteiger partial charge in [-0.05, 0) is 17.7 Å². The van der Waals surface area contributed by atoms with E-state index in [9.17, 15) is 5.11 Å². The second kappa shape index (κ2) is 6.71. The highest BCUT2D eigenvalue weighted by Gasteiger charge is 2.07. The summed E-state index contributed by atoms with van der Waals surface area (Å²) < 4.78 is 5.26. The molecule has 0 unspecified atom stereocenters. The zero-order valence-electron chi connectivity index (χ0n) is 10.9. The molecule has 0 saturated carbocycles. The summed E-state index contributed by atoms with van der Waals surface area (Å²) in [5, 5.41) is 9.44. The fraction of sp³-hybridized carbons (Fsp3) is 0.188. The second-order valence-corrected chi connectivity index (χ2v) is 4.13. The molecule has 1 atom stereocenters. The molecule has 0 fully saturated rings. The van der Waals surface area contributed by atoms with Crippen molar-refractivity contribution >= 4 is 6.21 Å². The van der Waals surface area contributed by atoms with Crippen LogP contribution in [0.2, 0.25) is 0 Å². The average molecular weight is 255 g/mol. The van der Waals surface area contributed by atoms with Gasteiger partial charge < -0.3 is 9.84 Å². The Kier molecular flexibility index (Phi) is 4.70. The molecule has 0 amide bonds. The minimum absolute atomic E-state index is 0.0182. The van der Waals surface area contributed by atoms with Crippen molar-refractivity contribution in [1.29, 1.82) is 0 Å². The van der Waals surface area contributed by atoms with Crippen molar-refractivity contribution in [2.24, 2.45) is 4.99 Å². The molecule has 2 rings (SSSR count). The fourth-order valence-corrected chi connectivity index (χ4v) is 1.86. The normalized spacial score (nSPS) is 12.5. The zero-order chi connectivity index (χ0) is 13.5. The number of nitrogens with zero attached hydrogens (tertiary/aromatic N) is 1. The molecule has 0 radical (unpaired) electrons. The number of rotatable bonds is 5. The molecule has 2 aromatic rings. The van der Waals surface area contributed by atoms with Gasteiger partial charge in [0, 0.05) is 11.8 Å². The Labute approximate surface area is 113 Å². The van der Waals surface area contributed by atoms with Crippen molar-refractivity contribution in [2.45, 2.75) is 6.04 Å². The molecule has 0 aliphatic carbocycles. The summed E-state index contributed by atoms with van der Waals surface area (Å²) >= 11 is 0. The third-order valence-electron chi connectivity index (χ3n) is 2.89. The molecule has 2 aromatic carbocycles. The van der Waals surface area contributed by atoms with Gasteiger partial charge in [-0.15, -0.1) is 0 Å². The molecule has 1 N–H and O–H groups in total. The van der Waals surface area contributed by atoms with Gasteiger partial charge in [-0.25, -0.2) is 0 Å². The van der Waals surface area contributed by atoms with Crippen LogP contribution in [-0.2, 0) is 0 Å². The molecule has 0 bridgehead atoms. The summed E-state index contributed by atoms with van der Waals surface area (Å²) in [6.07, 6.45) is 1.74. The van der Waals surface area contributed by atoms with E-state index in [2.05, 4.69) is 4.99 Å². The van der Waals surface area contributed by atoms with Crippen LogP contribution in [0.15, 0.2) is 59.6 Å². The number of benzene rings is 2. The van der Waals surface area contributed by atoms with Gasteiger partial charge in [0.15, 0.2) is 0 Å². The van der Waals surface area contributed by atoms with Gasteiger partial charge >= 0.3 is 0 Å². The second-order valence-electron chi connectivity index (χ2n) is 4.13. The summed E-state index contributed by atoms with van der Waals surface area (Å²) in [5.74, 6) is 0.774. The van der Waals surface area contributed by atoms with Gasteiger partial charge in [-0.1, -0.05) is 42.5 Å². The van der Waals surface area contributed by atoms with Crippen LogP contribution >= 0.6 is 0 Å². The topological polar surface area (TPSA) is 41.8 Å². The Morgan fingerprint density at radius 3 is 2.47 bits per heavy atom. The lowest BCUT2D eigenvalue weighted by atomic mass is 10.1. The van der Waals surface area contributed by atoms with Crippen LogP contribution in [0.5, 0.6) is 5.75 Å². The van der Waals surface area contributed by atoms with Crippen molar-refractivity contribution in [3.8, 4) is 5.75 Å². The van der Waals surface area contributed by atoms with E-state index in [1.165, 1.54) is 0 Å². The predicted molar refractivity (Wildman–Crippen MR) is 76.9 cm³/mol. The third-order valence-corrected chi connectivity index (χ3v) is 2.89. The summed E-state index contributed by atoms with van der Waals surface area (Å²) in [5.41, 5.74) is 1.90. The summed E-state index contributed by atoms with van der Waals surface area (Å²) in [4.78, 5) is 4.44. The van der Waals surface area contributed by atoms with Crippen molar-refractivity contribution in [2.75, 3.05) is 13.7 Å². The van der Waals surface area contributed by atoms with E-state index in [0.29, 0.717) is 0 Å². The van der Waals surface area contributed by atoms with E-state index < -0.39 is 0 Å². The maximum absolute atomic E-state index is 9.44. The minimum atomic E-state index is -0.244. The lowest BCUT2D eigenvalue weighted by Crippen LogP contribution is -2.02. The molecule has 3 heteroatoms. The first-order valence-corrected chi connectivity index (χ1v) is 6.17. The monoisotopic (exact) mass is 255 g/mol. The lowest BCUT2D eigenvalue weighted by molar-refractivity contribution is 0.269. The maximum Gasteiger partial charge on any atom is 0.127 e. The summed E-state index contributed by atoms with van der Waals surface area (Å²) in [7, 11) is 1.63. The largest absolute Gasteiger partial charge is 0.496 e. The Bertz CT molecular complexity index is 537. The Balaban J connectivity index is 2.21. The van der Waals surface area contributed by atoms with E-state index in [1.807, 2.05) is 54.6 Å². The minimum Gasteiger partial charge on any atom is -0.496 e. The van der Waals surface area contributed by atoms with Crippen LogP contribution < -0.4 is 4.74 Å². The summed E-state index contributed by atoms with van der Waals surface area (Å²) in [6, 6.07) is 17.2. The Morgan fingerprint density at radius 1 is 1.11 bits per heavy atom. The van der Waals surface area contributed by atoms with Crippen LogP contribution in [0.4, 0.5) is 0 Å². The van der Waals surface area contributed by atoms with Crippen LogP contribution in [-0.4, -0.2) is 25.0 Å². The van der Waals surface area contributed by atoms with Crippen molar-refractivity contribution in [3.05, 3.63) is 65.7 Å². The Hall–Kier alpha value is -2.13. The highest BCUT2D eigenvalue weighted by Crippen LogP contribution is 2.19. The maximum atomic E-state index is 9.44. The number of methoxy groups -OCH3 is 1. The highest BCUT2D eigenvalue weighted by molar-refractivity contribution is 5.83. The first kappa shape index (κ1) is 13.3. The number of ether oxygens (including phenoxy) is 1. The molecule has 98 valence electrons. The number of hydrogen-bond acceptors (Lipinski definition) is 3. The molecular weight excluding hydrogens is 238 g/mol. The smallest absolute Gasteiger partial charge is 0.127 e. The van der Waals surface area contributed by atoms with Gasteiger partial charge in [0.05, 0.1) is 19.8 Å². The van der Waals surface area contributed by atoms with E-state index in [-0.39, 0.29) is 12.6 Å². The highest BCUT2D eigenvalue weighted by atomic mass is 16.5. The van der Waals surface area contributed by atoms with Gasteiger partial charge in [-0.2, -0.15) is 0 Å². The quantitative estimate of drug-likeness (QED) is 0.835. The third kappa shape index (κ3) is 3.42.